The summed E-state index contributed by atoms with van der Waals surface area (Å²) >= 11 is 1.18. The van der Waals surface area contributed by atoms with E-state index in [9.17, 15) is 13.5 Å². The lowest BCUT2D eigenvalue weighted by atomic mass is 9.88. The minimum absolute atomic E-state index is 0.0757. The minimum Gasteiger partial charge on any atom is -0.391 e. The number of nitrogens with one attached hydrogen (secondary N) is 1. The molecule has 0 aliphatic carbocycles. The molecule has 1 aromatic rings. The summed E-state index contributed by atoms with van der Waals surface area (Å²) in [6.45, 7) is 8.60. The van der Waals surface area contributed by atoms with Crippen molar-refractivity contribution in [2.24, 2.45) is 5.41 Å². The third-order valence-corrected chi connectivity index (χ3v) is 6.46. The molecule has 2 N–H and O–H groups in total. The zero-order valence-corrected chi connectivity index (χ0v) is 13.5. The van der Waals surface area contributed by atoms with Gasteiger partial charge in [-0.1, -0.05) is 26.8 Å². The van der Waals surface area contributed by atoms with E-state index in [-0.39, 0.29) is 23.8 Å². The molecule has 0 aromatic carbocycles. The molecule has 6 heteroatoms. The van der Waals surface area contributed by atoms with E-state index < -0.39 is 15.9 Å². The Balaban J connectivity index is 2.50. The van der Waals surface area contributed by atoms with Gasteiger partial charge in [-0.05, 0) is 23.8 Å². The van der Waals surface area contributed by atoms with Crippen LogP contribution in [-0.4, -0.2) is 38.0 Å². The summed E-state index contributed by atoms with van der Waals surface area (Å²) in [6, 6.07) is 3.47. The number of aliphatic hydroxyl groups is 1. The van der Waals surface area contributed by atoms with E-state index in [1.807, 2.05) is 6.92 Å². The van der Waals surface area contributed by atoms with E-state index in [1.165, 1.54) is 11.3 Å². The molecule has 2 atom stereocenters. The van der Waals surface area contributed by atoms with Crippen LogP contribution in [0.5, 0.6) is 0 Å². The molecule has 19 heavy (non-hydrogen) atoms. The van der Waals surface area contributed by atoms with Gasteiger partial charge < -0.3 is 10.4 Å². The Bertz CT molecular complexity index is 474. The van der Waals surface area contributed by atoms with Crippen LogP contribution in [0, 0.1) is 5.41 Å². The van der Waals surface area contributed by atoms with E-state index in [1.54, 1.807) is 17.5 Å². The molecule has 0 bridgehead atoms. The highest BCUT2D eigenvalue weighted by molar-refractivity contribution is 7.93. The molecular weight excluding hydrogens is 282 g/mol. The van der Waals surface area contributed by atoms with Crippen molar-refractivity contribution in [3.8, 4) is 0 Å². The SMILES string of the molecule is CC(NCC(O)CS(=O)(=O)c1cccs1)C(C)(C)C. The van der Waals surface area contributed by atoms with E-state index in [0.717, 1.165) is 0 Å². The summed E-state index contributed by atoms with van der Waals surface area (Å²) in [5.74, 6) is -0.239. The molecule has 0 amide bonds. The van der Waals surface area contributed by atoms with Crippen molar-refractivity contribution in [2.75, 3.05) is 12.3 Å². The molecule has 0 aliphatic rings. The molecule has 0 spiro atoms. The molecule has 1 aromatic heterocycles. The van der Waals surface area contributed by atoms with Crippen LogP contribution in [0.3, 0.4) is 0 Å². The largest absolute Gasteiger partial charge is 0.391 e. The lowest BCUT2D eigenvalue weighted by Crippen LogP contribution is -2.43. The Kier molecular flexibility index (Phi) is 5.55. The van der Waals surface area contributed by atoms with E-state index in [4.69, 9.17) is 0 Å². The molecule has 110 valence electrons. The normalized spacial score (nSPS) is 16.3. The topological polar surface area (TPSA) is 66.4 Å². The third kappa shape index (κ3) is 5.22. The summed E-state index contributed by atoms with van der Waals surface area (Å²) in [4.78, 5) is 0. The highest BCUT2D eigenvalue weighted by atomic mass is 32.2. The van der Waals surface area contributed by atoms with Crippen LogP contribution in [0.15, 0.2) is 21.7 Å². The fourth-order valence-corrected chi connectivity index (χ4v) is 3.93. The Morgan fingerprint density at radius 1 is 1.42 bits per heavy atom. The van der Waals surface area contributed by atoms with Crippen molar-refractivity contribution in [1.29, 1.82) is 0 Å². The van der Waals surface area contributed by atoms with Gasteiger partial charge in [0.15, 0.2) is 9.84 Å². The van der Waals surface area contributed by atoms with Crippen molar-refractivity contribution < 1.29 is 13.5 Å². The van der Waals surface area contributed by atoms with Gasteiger partial charge in [-0.2, -0.15) is 0 Å². The minimum atomic E-state index is -3.37. The number of thiophene rings is 1. The number of aliphatic hydroxyl groups excluding tert-OH is 1. The van der Waals surface area contributed by atoms with Gasteiger partial charge in [0.25, 0.3) is 0 Å². The fourth-order valence-electron chi connectivity index (χ4n) is 1.45. The van der Waals surface area contributed by atoms with Gasteiger partial charge >= 0.3 is 0 Å². The summed E-state index contributed by atoms with van der Waals surface area (Å²) in [6.07, 6.45) is -0.892. The second-order valence-electron chi connectivity index (χ2n) is 5.86. The number of rotatable bonds is 6. The molecule has 0 radical (unpaired) electrons. The van der Waals surface area contributed by atoms with Crippen molar-refractivity contribution in [3.05, 3.63) is 17.5 Å². The van der Waals surface area contributed by atoms with Crippen LogP contribution in [0.25, 0.3) is 0 Å². The average molecular weight is 305 g/mol. The van der Waals surface area contributed by atoms with Gasteiger partial charge in [0.05, 0.1) is 11.9 Å². The highest BCUT2D eigenvalue weighted by Gasteiger charge is 2.23. The summed E-state index contributed by atoms with van der Waals surface area (Å²) in [7, 11) is -3.37. The zero-order chi connectivity index (χ0) is 14.7. The summed E-state index contributed by atoms with van der Waals surface area (Å²) < 4.78 is 24.3. The number of hydrogen-bond acceptors (Lipinski definition) is 5. The van der Waals surface area contributed by atoms with Gasteiger partial charge in [-0.15, -0.1) is 11.3 Å². The first-order chi connectivity index (χ1) is 8.63. The molecule has 0 fully saturated rings. The maximum absolute atomic E-state index is 12.0. The second-order valence-corrected chi connectivity index (χ2v) is 9.07. The van der Waals surface area contributed by atoms with Gasteiger partial charge in [-0.3, -0.25) is 0 Å². The first kappa shape index (κ1) is 16.6. The van der Waals surface area contributed by atoms with Crippen LogP contribution < -0.4 is 5.32 Å². The van der Waals surface area contributed by atoms with E-state index >= 15 is 0 Å². The van der Waals surface area contributed by atoms with Crippen molar-refractivity contribution >= 4 is 21.2 Å². The Morgan fingerprint density at radius 2 is 2.05 bits per heavy atom. The van der Waals surface area contributed by atoms with Gasteiger partial charge in [0.2, 0.25) is 0 Å². The van der Waals surface area contributed by atoms with Crippen LogP contribution in [0.4, 0.5) is 0 Å². The third-order valence-electron chi connectivity index (χ3n) is 3.17. The van der Waals surface area contributed by atoms with Crippen molar-refractivity contribution in [1.82, 2.24) is 5.32 Å². The molecule has 2 unspecified atom stereocenters. The Morgan fingerprint density at radius 3 is 2.53 bits per heavy atom. The maximum Gasteiger partial charge on any atom is 0.190 e. The van der Waals surface area contributed by atoms with Gasteiger partial charge in [-0.25, -0.2) is 8.42 Å². The van der Waals surface area contributed by atoms with Crippen LogP contribution in [0.1, 0.15) is 27.7 Å². The first-order valence-electron chi connectivity index (χ1n) is 6.30. The monoisotopic (exact) mass is 305 g/mol. The van der Waals surface area contributed by atoms with Gasteiger partial charge in [0.1, 0.15) is 4.21 Å². The average Bonchev–Trinajstić information content (AvgIpc) is 2.77. The zero-order valence-electron chi connectivity index (χ0n) is 11.9. The van der Waals surface area contributed by atoms with E-state index in [2.05, 4.69) is 26.1 Å². The predicted octanol–water partition coefficient (Wildman–Crippen LogP) is 1.91. The first-order valence-corrected chi connectivity index (χ1v) is 8.84. The van der Waals surface area contributed by atoms with Gasteiger partial charge in [0, 0.05) is 12.6 Å². The molecule has 1 rings (SSSR count). The number of sulfone groups is 1. The van der Waals surface area contributed by atoms with Crippen LogP contribution >= 0.6 is 11.3 Å². The summed E-state index contributed by atoms with van der Waals surface area (Å²) in [5, 5.41) is 14.8. The maximum atomic E-state index is 12.0. The quantitative estimate of drug-likeness (QED) is 0.842. The standard InChI is InChI=1S/C13H23NO3S2/c1-10(13(2,3)4)14-8-11(15)9-19(16,17)12-6-5-7-18-12/h5-7,10-11,14-15H,8-9H2,1-4H3. The molecule has 0 saturated heterocycles. The molecule has 4 nitrogen and oxygen atoms in total. The summed E-state index contributed by atoms with van der Waals surface area (Å²) in [5.41, 5.74) is 0.0757. The Hall–Kier alpha value is -0.430. The van der Waals surface area contributed by atoms with Crippen molar-refractivity contribution in [2.45, 2.75) is 44.0 Å². The number of hydrogen-bond donors (Lipinski definition) is 2. The predicted molar refractivity (Wildman–Crippen MR) is 79.3 cm³/mol. The van der Waals surface area contributed by atoms with E-state index in [0.29, 0.717) is 4.21 Å². The molecule has 0 aliphatic heterocycles. The lowest BCUT2D eigenvalue weighted by Gasteiger charge is -2.29. The fraction of sp³-hybridized carbons (Fsp3) is 0.692. The smallest absolute Gasteiger partial charge is 0.190 e. The second kappa shape index (κ2) is 6.35. The Labute approximate surface area is 119 Å². The lowest BCUT2D eigenvalue weighted by molar-refractivity contribution is 0.174. The molecule has 0 saturated carbocycles. The molecular formula is C13H23NO3S2. The van der Waals surface area contributed by atoms with Crippen LogP contribution in [0.2, 0.25) is 0 Å². The van der Waals surface area contributed by atoms with Crippen LogP contribution in [-0.2, 0) is 9.84 Å². The molecule has 1 heterocycles. The highest BCUT2D eigenvalue weighted by Crippen LogP contribution is 2.19. The van der Waals surface area contributed by atoms with Crippen molar-refractivity contribution in [3.63, 3.8) is 0 Å².